The number of hydrogen-bond donors (Lipinski definition) is 2. The maximum Gasteiger partial charge on any atom is 0.223 e. The Bertz CT molecular complexity index is 694. The molecule has 0 bridgehead atoms. The minimum absolute atomic E-state index is 0.260. The normalized spacial score (nSPS) is 23.8. The Kier molecular flexibility index (Phi) is 8.51. The highest BCUT2D eigenvalue weighted by atomic mass is 16.2. The van der Waals surface area contributed by atoms with Crippen LogP contribution in [0.2, 0.25) is 0 Å². The van der Waals surface area contributed by atoms with Gasteiger partial charge >= 0.3 is 0 Å². The van der Waals surface area contributed by atoms with E-state index < -0.39 is 0 Å². The van der Waals surface area contributed by atoms with Gasteiger partial charge in [0, 0.05) is 70.7 Å². The zero-order valence-corrected chi connectivity index (χ0v) is 18.8. The van der Waals surface area contributed by atoms with E-state index in [0.717, 1.165) is 58.2 Å². The molecule has 2 aliphatic heterocycles. The SMILES string of the molecule is CCNC(=NCC1CC(=O)N(CCc2ccccc2)C1)NCC1CN(C)CCN1C. The molecule has 0 saturated carbocycles. The van der Waals surface area contributed by atoms with Crippen LogP contribution in [0.3, 0.4) is 0 Å². The van der Waals surface area contributed by atoms with Crippen LogP contribution in [0.25, 0.3) is 0 Å². The highest BCUT2D eigenvalue weighted by molar-refractivity contribution is 5.80. The molecule has 7 nitrogen and oxygen atoms in total. The summed E-state index contributed by atoms with van der Waals surface area (Å²) in [5.74, 6) is 1.41. The van der Waals surface area contributed by atoms with Gasteiger partial charge in [0.05, 0.1) is 0 Å². The lowest BCUT2D eigenvalue weighted by Gasteiger charge is -2.37. The minimum atomic E-state index is 0.260. The van der Waals surface area contributed by atoms with Crippen LogP contribution < -0.4 is 10.6 Å². The van der Waals surface area contributed by atoms with E-state index in [4.69, 9.17) is 4.99 Å². The molecule has 2 atom stereocenters. The van der Waals surface area contributed by atoms with Gasteiger partial charge in [-0.2, -0.15) is 0 Å². The van der Waals surface area contributed by atoms with E-state index in [2.05, 4.69) is 65.7 Å². The number of benzene rings is 1. The number of amides is 1. The molecule has 2 unspecified atom stereocenters. The lowest BCUT2D eigenvalue weighted by molar-refractivity contribution is -0.127. The molecule has 2 saturated heterocycles. The average Bonchev–Trinajstić information content (AvgIpc) is 3.11. The maximum absolute atomic E-state index is 12.4. The third-order valence-corrected chi connectivity index (χ3v) is 6.14. The molecule has 7 heteroatoms. The standard InChI is InChI=1S/C23H38N6O/c1-4-24-23(26-16-21-18-27(2)12-13-28(21)3)25-15-20-14-22(30)29(17-20)11-10-19-8-6-5-7-9-19/h5-9,20-21H,4,10-18H2,1-3H3,(H2,24,25,26). The van der Waals surface area contributed by atoms with Crippen LogP contribution in [0.5, 0.6) is 0 Å². The molecule has 166 valence electrons. The molecule has 2 fully saturated rings. The second-order valence-corrected chi connectivity index (χ2v) is 8.64. The van der Waals surface area contributed by atoms with Crippen molar-refractivity contribution in [1.82, 2.24) is 25.3 Å². The summed E-state index contributed by atoms with van der Waals surface area (Å²) in [7, 11) is 4.37. The zero-order chi connectivity index (χ0) is 21.3. The second kappa shape index (κ2) is 11.3. The van der Waals surface area contributed by atoms with E-state index in [9.17, 15) is 4.79 Å². The number of guanidine groups is 1. The Labute approximate surface area is 181 Å². The molecule has 1 aromatic rings. The number of likely N-dealkylation sites (tertiary alicyclic amines) is 1. The molecule has 1 amide bonds. The first kappa shape index (κ1) is 22.6. The van der Waals surface area contributed by atoms with Crippen LogP contribution in [0, 0.1) is 5.92 Å². The van der Waals surface area contributed by atoms with Crippen molar-refractivity contribution in [2.75, 3.05) is 66.5 Å². The van der Waals surface area contributed by atoms with Crippen molar-refractivity contribution in [3.63, 3.8) is 0 Å². The van der Waals surface area contributed by atoms with Crippen LogP contribution in [0.15, 0.2) is 35.3 Å². The van der Waals surface area contributed by atoms with Crippen LogP contribution in [-0.2, 0) is 11.2 Å². The Morgan fingerprint density at radius 1 is 1.13 bits per heavy atom. The van der Waals surface area contributed by atoms with Gasteiger partial charge < -0.3 is 20.4 Å². The summed E-state index contributed by atoms with van der Waals surface area (Å²) < 4.78 is 0. The van der Waals surface area contributed by atoms with E-state index in [1.165, 1.54) is 5.56 Å². The molecule has 0 spiro atoms. The number of rotatable bonds is 8. The number of hydrogen-bond acceptors (Lipinski definition) is 4. The van der Waals surface area contributed by atoms with Crippen molar-refractivity contribution >= 4 is 11.9 Å². The lowest BCUT2D eigenvalue weighted by Crippen LogP contribution is -2.55. The first-order chi connectivity index (χ1) is 14.5. The Morgan fingerprint density at radius 3 is 2.70 bits per heavy atom. The van der Waals surface area contributed by atoms with E-state index in [1.54, 1.807) is 0 Å². The van der Waals surface area contributed by atoms with Gasteiger partial charge in [-0.1, -0.05) is 30.3 Å². The van der Waals surface area contributed by atoms with Crippen LogP contribution in [0.1, 0.15) is 18.9 Å². The number of nitrogens with zero attached hydrogens (tertiary/aromatic N) is 4. The monoisotopic (exact) mass is 414 g/mol. The van der Waals surface area contributed by atoms with Gasteiger partial charge in [0.15, 0.2) is 5.96 Å². The summed E-state index contributed by atoms with van der Waals surface area (Å²) in [5.41, 5.74) is 1.28. The van der Waals surface area contributed by atoms with Crippen molar-refractivity contribution in [1.29, 1.82) is 0 Å². The number of aliphatic imine (C=N–C) groups is 1. The van der Waals surface area contributed by atoms with Gasteiger partial charge in [-0.3, -0.25) is 14.7 Å². The number of carbonyl (C=O) groups is 1. The summed E-state index contributed by atoms with van der Waals surface area (Å²) in [6.07, 6.45) is 1.52. The Balaban J connectivity index is 1.46. The quantitative estimate of drug-likeness (QED) is 0.488. The molecule has 2 N–H and O–H groups in total. The predicted molar refractivity (Wildman–Crippen MR) is 123 cm³/mol. The van der Waals surface area contributed by atoms with E-state index in [1.807, 2.05) is 11.0 Å². The first-order valence-electron chi connectivity index (χ1n) is 11.3. The smallest absolute Gasteiger partial charge is 0.223 e. The molecule has 2 aliphatic rings. The third-order valence-electron chi connectivity index (χ3n) is 6.14. The molecular weight excluding hydrogens is 376 g/mol. The Hall–Kier alpha value is -2.12. The van der Waals surface area contributed by atoms with Gasteiger partial charge in [-0.05, 0) is 33.0 Å². The summed E-state index contributed by atoms with van der Waals surface area (Å²) >= 11 is 0. The van der Waals surface area contributed by atoms with E-state index in [-0.39, 0.29) is 5.91 Å². The van der Waals surface area contributed by atoms with Gasteiger partial charge in [0.2, 0.25) is 5.91 Å². The molecule has 2 heterocycles. The van der Waals surface area contributed by atoms with Crippen molar-refractivity contribution in [2.45, 2.75) is 25.8 Å². The van der Waals surface area contributed by atoms with Crippen molar-refractivity contribution in [2.24, 2.45) is 10.9 Å². The fourth-order valence-corrected chi connectivity index (χ4v) is 4.20. The molecule has 0 aromatic heterocycles. The summed E-state index contributed by atoms with van der Waals surface area (Å²) in [5, 5.41) is 6.86. The molecule has 30 heavy (non-hydrogen) atoms. The van der Waals surface area contributed by atoms with Gasteiger partial charge in [0.25, 0.3) is 0 Å². The summed E-state index contributed by atoms with van der Waals surface area (Å²) in [4.78, 5) is 24.0. The molecule has 3 rings (SSSR count). The number of nitrogens with one attached hydrogen (secondary N) is 2. The van der Waals surface area contributed by atoms with Crippen molar-refractivity contribution in [3.05, 3.63) is 35.9 Å². The van der Waals surface area contributed by atoms with Gasteiger partial charge in [0.1, 0.15) is 0 Å². The fourth-order valence-electron chi connectivity index (χ4n) is 4.20. The molecule has 0 radical (unpaired) electrons. The predicted octanol–water partition coefficient (Wildman–Crippen LogP) is 0.879. The third kappa shape index (κ3) is 6.71. The Morgan fingerprint density at radius 2 is 1.93 bits per heavy atom. The highest BCUT2D eigenvalue weighted by Crippen LogP contribution is 2.18. The minimum Gasteiger partial charge on any atom is -0.357 e. The number of carbonyl (C=O) groups excluding carboxylic acids is 1. The van der Waals surface area contributed by atoms with Crippen molar-refractivity contribution in [3.8, 4) is 0 Å². The van der Waals surface area contributed by atoms with E-state index >= 15 is 0 Å². The average molecular weight is 415 g/mol. The topological polar surface area (TPSA) is 63.2 Å². The largest absolute Gasteiger partial charge is 0.357 e. The van der Waals surface area contributed by atoms with Crippen LogP contribution in [-0.4, -0.2) is 99.1 Å². The summed E-state index contributed by atoms with van der Waals surface area (Å²) in [6.45, 7) is 9.37. The second-order valence-electron chi connectivity index (χ2n) is 8.64. The van der Waals surface area contributed by atoms with Crippen molar-refractivity contribution < 1.29 is 4.79 Å². The van der Waals surface area contributed by atoms with Crippen LogP contribution >= 0.6 is 0 Å². The van der Waals surface area contributed by atoms with Gasteiger partial charge in [-0.15, -0.1) is 0 Å². The lowest BCUT2D eigenvalue weighted by atomic mass is 10.1. The van der Waals surface area contributed by atoms with Gasteiger partial charge in [-0.25, -0.2) is 0 Å². The fraction of sp³-hybridized carbons (Fsp3) is 0.652. The summed E-state index contributed by atoms with van der Waals surface area (Å²) in [6, 6.07) is 10.9. The number of likely N-dealkylation sites (N-methyl/N-ethyl adjacent to an activating group) is 2. The van der Waals surface area contributed by atoms with E-state index in [0.29, 0.717) is 24.9 Å². The van der Waals surface area contributed by atoms with Crippen LogP contribution in [0.4, 0.5) is 0 Å². The first-order valence-corrected chi connectivity index (χ1v) is 11.3. The maximum atomic E-state index is 12.4. The highest BCUT2D eigenvalue weighted by Gasteiger charge is 2.29. The molecular formula is C23H38N6O. The molecule has 0 aliphatic carbocycles. The number of piperazine rings is 1. The molecule has 1 aromatic carbocycles. The zero-order valence-electron chi connectivity index (χ0n) is 18.8.